The van der Waals surface area contributed by atoms with Crippen LogP contribution in [0.3, 0.4) is 0 Å². The maximum atomic E-state index is 6.45. The van der Waals surface area contributed by atoms with Gasteiger partial charge in [0.15, 0.2) is 5.11 Å². The number of nitrogens with zero attached hydrogens (tertiary/aromatic N) is 2. The molecule has 1 aromatic heterocycles. The van der Waals surface area contributed by atoms with Crippen molar-refractivity contribution in [3.05, 3.63) is 82.3 Å². The summed E-state index contributed by atoms with van der Waals surface area (Å²) in [5, 5.41) is 4.63. The van der Waals surface area contributed by atoms with Gasteiger partial charge in [0.1, 0.15) is 5.76 Å². The number of benzene rings is 2. The van der Waals surface area contributed by atoms with E-state index < -0.39 is 0 Å². The highest BCUT2D eigenvalue weighted by Crippen LogP contribution is 2.29. The number of nitrogens with one attached hydrogen (secondary N) is 1. The molecule has 1 aliphatic rings. The highest BCUT2D eigenvalue weighted by molar-refractivity contribution is 7.80. The van der Waals surface area contributed by atoms with Gasteiger partial charge in [0, 0.05) is 25.3 Å². The summed E-state index contributed by atoms with van der Waals surface area (Å²) in [4.78, 5) is 4.67. The average molecular weight is 482 g/mol. The Morgan fingerprint density at radius 1 is 1.18 bits per heavy atom. The van der Waals surface area contributed by atoms with E-state index in [1.807, 2.05) is 37.3 Å². The van der Waals surface area contributed by atoms with Crippen molar-refractivity contribution in [2.24, 2.45) is 0 Å². The SMILES string of the molecule is CCCCN1CCCc2cc(CN(Cc3ccco3)C(=S)Nc3ccc(C)cc3Cl)ccc21. The van der Waals surface area contributed by atoms with E-state index >= 15 is 0 Å². The van der Waals surface area contributed by atoms with Crippen molar-refractivity contribution >= 4 is 40.3 Å². The minimum Gasteiger partial charge on any atom is -0.467 e. The molecule has 6 heteroatoms. The van der Waals surface area contributed by atoms with Crippen molar-refractivity contribution in [1.29, 1.82) is 0 Å². The molecule has 0 saturated carbocycles. The molecule has 2 heterocycles. The van der Waals surface area contributed by atoms with Crippen LogP contribution < -0.4 is 10.2 Å². The van der Waals surface area contributed by atoms with Crippen LogP contribution in [-0.4, -0.2) is 23.1 Å². The minimum absolute atomic E-state index is 0.585. The number of aryl methyl sites for hydroxylation is 2. The van der Waals surface area contributed by atoms with E-state index in [0.29, 0.717) is 23.2 Å². The number of halogens is 1. The molecule has 0 unspecified atom stereocenters. The average Bonchev–Trinajstić information content (AvgIpc) is 3.32. The van der Waals surface area contributed by atoms with Crippen molar-refractivity contribution in [1.82, 2.24) is 4.90 Å². The van der Waals surface area contributed by atoms with Crippen LogP contribution in [-0.2, 0) is 19.5 Å². The zero-order valence-electron chi connectivity index (χ0n) is 19.4. The van der Waals surface area contributed by atoms with Crippen LogP contribution >= 0.6 is 23.8 Å². The molecule has 4 rings (SSSR count). The molecule has 0 saturated heterocycles. The Bertz CT molecular complexity index is 1080. The molecule has 0 bridgehead atoms. The summed E-state index contributed by atoms with van der Waals surface area (Å²) < 4.78 is 5.62. The zero-order valence-corrected chi connectivity index (χ0v) is 21.0. The van der Waals surface area contributed by atoms with E-state index in [0.717, 1.165) is 36.5 Å². The lowest BCUT2D eigenvalue weighted by Crippen LogP contribution is -2.34. The van der Waals surface area contributed by atoms with Gasteiger partial charge in [-0.2, -0.15) is 0 Å². The summed E-state index contributed by atoms with van der Waals surface area (Å²) in [5.74, 6) is 0.873. The second kappa shape index (κ2) is 11.1. The van der Waals surface area contributed by atoms with Crippen LogP contribution in [0.4, 0.5) is 11.4 Å². The highest BCUT2D eigenvalue weighted by atomic mass is 35.5. The molecule has 1 N–H and O–H groups in total. The third-order valence-electron chi connectivity index (χ3n) is 6.09. The maximum Gasteiger partial charge on any atom is 0.174 e. The van der Waals surface area contributed by atoms with Gasteiger partial charge < -0.3 is 19.5 Å². The number of furan rings is 1. The third kappa shape index (κ3) is 6.10. The van der Waals surface area contributed by atoms with Crippen LogP contribution in [0.2, 0.25) is 5.02 Å². The summed E-state index contributed by atoms with van der Waals surface area (Å²) >= 11 is 12.3. The van der Waals surface area contributed by atoms with Crippen LogP contribution in [0.1, 0.15) is 48.6 Å². The predicted octanol–water partition coefficient (Wildman–Crippen LogP) is 7.19. The van der Waals surface area contributed by atoms with Gasteiger partial charge in [-0.1, -0.05) is 43.1 Å². The van der Waals surface area contributed by atoms with E-state index in [1.54, 1.807) is 6.26 Å². The van der Waals surface area contributed by atoms with Gasteiger partial charge in [-0.25, -0.2) is 0 Å². The standard InChI is InChI=1S/C27H32ClN3OS/c1-3-4-13-30-14-5-7-22-17-21(10-12-26(22)30)18-31(19-23-8-6-15-32-23)27(33)29-25-11-9-20(2)16-24(25)28/h6,8-12,15-17H,3-5,7,13-14,18-19H2,1-2H3,(H,29,33). The molecule has 4 nitrogen and oxygen atoms in total. The van der Waals surface area contributed by atoms with Gasteiger partial charge in [-0.3, -0.25) is 0 Å². The number of unbranched alkanes of at least 4 members (excludes halogenated alkanes) is 1. The van der Waals surface area contributed by atoms with Crippen molar-refractivity contribution in [2.75, 3.05) is 23.3 Å². The zero-order chi connectivity index (χ0) is 23.2. The third-order valence-corrected chi connectivity index (χ3v) is 6.77. The number of rotatable bonds is 8. The minimum atomic E-state index is 0.585. The number of hydrogen-bond donors (Lipinski definition) is 1. The Kier molecular flexibility index (Phi) is 7.94. The van der Waals surface area contributed by atoms with E-state index in [-0.39, 0.29) is 0 Å². The largest absolute Gasteiger partial charge is 0.467 e. The number of thiocarbonyl (C=S) groups is 1. The monoisotopic (exact) mass is 481 g/mol. The fourth-order valence-corrected chi connectivity index (χ4v) is 4.86. The van der Waals surface area contributed by atoms with Crippen molar-refractivity contribution in [3.63, 3.8) is 0 Å². The van der Waals surface area contributed by atoms with E-state index in [4.69, 9.17) is 28.2 Å². The molecule has 0 amide bonds. The Balaban J connectivity index is 1.53. The van der Waals surface area contributed by atoms with Gasteiger partial charge in [-0.05, 0) is 85.4 Å². The number of anilines is 2. The summed E-state index contributed by atoms with van der Waals surface area (Å²) in [6.07, 6.45) is 6.50. The molecule has 1 aliphatic heterocycles. The molecule has 33 heavy (non-hydrogen) atoms. The van der Waals surface area contributed by atoms with Gasteiger partial charge in [0.2, 0.25) is 0 Å². The topological polar surface area (TPSA) is 31.6 Å². The van der Waals surface area contributed by atoms with Crippen molar-refractivity contribution in [3.8, 4) is 0 Å². The maximum absolute atomic E-state index is 6.45. The molecule has 0 fully saturated rings. The highest BCUT2D eigenvalue weighted by Gasteiger charge is 2.19. The molecular formula is C27H32ClN3OS. The predicted molar refractivity (Wildman–Crippen MR) is 142 cm³/mol. The molecule has 2 aromatic carbocycles. The summed E-state index contributed by atoms with van der Waals surface area (Å²) in [7, 11) is 0. The molecular weight excluding hydrogens is 450 g/mol. The van der Waals surface area contributed by atoms with Crippen LogP contribution in [0, 0.1) is 6.92 Å². The van der Waals surface area contributed by atoms with Crippen molar-refractivity contribution in [2.45, 2.75) is 52.6 Å². The Hall–Kier alpha value is -2.50. The first kappa shape index (κ1) is 23.7. The summed E-state index contributed by atoms with van der Waals surface area (Å²) in [6, 6.07) is 16.7. The lowest BCUT2D eigenvalue weighted by Gasteiger charge is -2.32. The normalized spacial score (nSPS) is 13.0. The van der Waals surface area contributed by atoms with Crippen LogP contribution in [0.5, 0.6) is 0 Å². The van der Waals surface area contributed by atoms with Crippen LogP contribution in [0.25, 0.3) is 0 Å². The molecule has 0 radical (unpaired) electrons. The van der Waals surface area contributed by atoms with Crippen LogP contribution in [0.15, 0.2) is 59.2 Å². The fraction of sp³-hybridized carbons (Fsp3) is 0.370. The Labute approximate surface area is 207 Å². The Morgan fingerprint density at radius 3 is 2.82 bits per heavy atom. The molecule has 174 valence electrons. The lowest BCUT2D eigenvalue weighted by molar-refractivity contribution is 0.360. The summed E-state index contributed by atoms with van der Waals surface area (Å²) in [5.41, 5.74) is 6.01. The van der Waals surface area contributed by atoms with E-state index in [9.17, 15) is 0 Å². The quantitative estimate of drug-likeness (QED) is 0.344. The van der Waals surface area contributed by atoms with Gasteiger partial charge in [-0.15, -0.1) is 0 Å². The fourth-order valence-electron chi connectivity index (χ4n) is 4.33. The second-order valence-corrected chi connectivity index (χ2v) is 9.55. The molecule has 0 aliphatic carbocycles. The number of fused-ring (bicyclic) bond motifs is 1. The smallest absolute Gasteiger partial charge is 0.174 e. The second-order valence-electron chi connectivity index (χ2n) is 8.76. The number of hydrogen-bond acceptors (Lipinski definition) is 3. The first-order valence-corrected chi connectivity index (χ1v) is 12.5. The van der Waals surface area contributed by atoms with Gasteiger partial charge in [0.25, 0.3) is 0 Å². The van der Waals surface area contributed by atoms with Crippen molar-refractivity contribution < 1.29 is 4.42 Å². The molecule has 0 spiro atoms. The first-order chi connectivity index (χ1) is 16.0. The van der Waals surface area contributed by atoms with E-state index in [2.05, 4.69) is 40.2 Å². The molecule has 0 atom stereocenters. The lowest BCUT2D eigenvalue weighted by atomic mass is 9.98. The molecule has 3 aromatic rings. The van der Waals surface area contributed by atoms with Gasteiger partial charge in [0.05, 0.1) is 23.5 Å². The van der Waals surface area contributed by atoms with Gasteiger partial charge >= 0.3 is 0 Å². The van der Waals surface area contributed by atoms with E-state index in [1.165, 1.54) is 36.1 Å². The Morgan fingerprint density at radius 2 is 2.06 bits per heavy atom. The first-order valence-electron chi connectivity index (χ1n) is 11.7. The summed E-state index contributed by atoms with van der Waals surface area (Å²) in [6.45, 7) is 7.85.